The maximum atomic E-state index is 13.9. The van der Waals surface area contributed by atoms with Gasteiger partial charge in [0.15, 0.2) is 0 Å². The van der Waals surface area contributed by atoms with Gasteiger partial charge >= 0.3 is 6.03 Å². The second-order valence-electron chi connectivity index (χ2n) is 5.20. The normalized spacial score (nSPS) is 16.6. The second kappa shape index (κ2) is 6.92. The van der Waals surface area contributed by atoms with Gasteiger partial charge in [0.25, 0.3) is 11.8 Å². The van der Waals surface area contributed by atoms with E-state index < -0.39 is 23.7 Å². The minimum Gasteiger partial charge on any atom is -0.273 e. The molecule has 0 aliphatic carbocycles. The standard InChI is InChI=1S/C19H13FN2O3/c20-15-11-4-5-12-16(15)22-18(24)14(17(23)21-19(22)25)10-6-9-13-7-2-1-3-8-13/h1-12H,(H,21,23,25)/b9-6+,14-10+. The summed E-state index contributed by atoms with van der Waals surface area (Å²) in [7, 11) is 0. The SMILES string of the molecule is O=C1NC(=O)N(c2ccccc2F)C(=O)/C1=C/C=C/c1ccccc1. The van der Waals surface area contributed by atoms with E-state index in [0.29, 0.717) is 4.90 Å². The first-order valence-corrected chi connectivity index (χ1v) is 7.45. The molecule has 3 rings (SSSR count). The lowest BCUT2D eigenvalue weighted by Crippen LogP contribution is -2.54. The fourth-order valence-corrected chi connectivity index (χ4v) is 2.35. The number of halogens is 1. The van der Waals surface area contributed by atoms with Crippen molar-refractivity contribution in [3.8, 4) is 0 Å². The average molecular weight is 336 g/mol. The number of amides is 4. The van der Waals surface area contributed by atoms with Crippen molar-refractivity contribution < 1.29 is 18.8 Å². The summed E-state index contributed by atoms with van der Waals surface area (Å²) in [6.07, 6.45) is 4.53. The topological polar surface area (TPSA) is 66.5 Å². The van der Waals surface area contributed by atoms with E-state index in [9.17, 15) is 18.8 Å². The van der Waals surface area contributed by atoms with E-state index in [1.165, 1.54) is 30.4 Å². The molecule has 1 fully saturated rings. The number of hydrogen-bond donors (Lipinski definition) is 1. The number of carbonyl (C=O) groups is 3. The zero-order chi connectivity index (χ0) is 17.8. The van der Waals surface area contributed by atoms with Gasteiger partial charge in [0, 0.05) is 0 Å². The van der Waals surface area contributed by atoms with Crippen LogP contribution >= 0.6 is 0 Å². The van der Waals surface area contributed by atoms with Gasteiger partial charge < -0.3 is 0 Å². The van der Waals surface area contributed by atoms with Crippen LogP contribution in [0.1, 0.15) is 5.56 Å². The van der Waals surface area contributed by atoms with Gasteiger partial charge in [0.2, 0.25) is 0 Å². The van der Waals surface area contributed by atoms with Crippen molar-refractivity contribution in [2.24, 2.45) is 0 Å². The summed E-state index contributed by atoms with van der Waals surface area (Å²) in [5.74, 6) is -2.43. The molecule has 1 aliphatic heterocycles. The van der Waals surface area contributed by atoms with Crippen molar-refractivity contribution in [1.82, 2.24) is 5.32 Å². The maximum Gasteiger partial charge on any atom is 0.336 e. The first-order chi connectivity index (χ1) is 12.1. The van der Waals surface area contributed by atoms with Crippen LogP contribution in [0.2, 0.25) is 0 Å². The molecule has 0 atom stereocenters. The minimum atomic E-state index is -0.982. The van der Waals surface area contributed by atoms with Gasteiger partial charge in [-0.25, -0.2) is 14.1 Å². The van der Waals surface area contributed by atoms with E-state index in [1.807, 2.05) is 35.6 Å². The van der Waals surface area contributed by atoms with Crippen LogP contribution in [0.3, 0.4) is 0 Å². The highest BCUT2D eigenvalue weighted by molar-refractivity contribution is 6.37. The number of carbonyl (C=O) groups excluding carboxylic acids is 3. The van der Waals surface area contributed by atoms with E-state index in [2.05, 4.69) is 0 Å². The average Bonchev–Trinajstić information content (AvgIpc) is 2.60. The zero-order valence-corrected chi connectivity index (χ0v) is 13.0. The van der Waals surface area contributed by atoms with Crippen LogP contribution in [0.25, 0.3) is 6.08 Å². The van der Waals surface area contributed by atoms with Crippen molar-refractivity contribution in [2.75, 3.05) is 4.90 Å². The smallest absolute Gasteiger partial charge is 0.273 e. The first kappa shape index (κ1) is 16.3. The van der Waals surface area contributed by atoms with Gasteiger partial charge in [0.05, 0.1) is 5.69 Å². The predicted molar refractivity (Wildman–Crippen MR) is 91.0 cm³/mol. The summed E-state index contributed by atoms with van der Waals surface area (Å²) in [4.78, 5) is 37.0. The number of anilines is 1. The molecule has 1 aliphatic rings. The molecule has 4 amide bonds. The summed E-state index contributed by atoms with van der Waals surface area (Å²) in [6.45, 7) is 0. The Morgan fingerprint density at radius 1 is 0.920 bits per heavy atom. The lowest BCUT2D eigenvalue weighted by Gasteiger charge is -2.26. The molecule has 0 saturated carbocycles. The van der Waals surface area contributed by atoms with Gasteiger partial charge in [-0.15, -0.1) is 0 Å². The van der Waals surface area contributed by atoms with E-state index >= 15 is 0 Å². The molecule has 5 nitrogen and oxygen atoms in total. The number of hydrogen-bond acceptors (Lipinski definition) is 3. The lowest BCUT2D eigenvalue weighted by molar-refractivity contribution is -0.122. The van der Waals surface area contributed by atoms with Gasteiger partial charge in [-0.1, -0.05) is 54.6 Å². The number of imide groups is 2. The zero-order valence-electron chi connectivity index (χ0n) is 13.0. The molecule has 2 aromatic rings. The van der Waals surface area contributed by atoms with E-state index in [4.69, 9.17) is 0 Å². The molecule has 1 heterocycles. The van der Waals surface area contributed by atoms with Gasteiger partial charge in [-0.3, -0.25) is 14.9 Å². The fraction of sp³-hybridized carbons (Fsp3) is 0. The van der Waals surface area contributed by atoms with Crippen LogP contribution in [0, 0.1) is 5.82 Å². The Kier molecular flexibility index (Phi) is 4.52. The van der Waals surface area contributed by atoms with E-state index in [0.717, 1.165) is 11.6 Å². The van der Waals surface area contributed by atoms with Crippen molar-refractivity contribution in [3.63, 3.8) is 0 Å². The van der Waals surface area contributed by atoms with Crippen LogP contribution in [0.15, 0.2) is 72.3 Å². The Morgan fingerprint density at radius 3 is 2.32 bits per heavy atom. The Hall–Kier alpha value is -3.54. The second-order valence-corrected chi connectivity index (χ2v) is 5.20. The molecule has 0 radical (unpaired) electrons. The highest BCUT2D eigenvalue weighted by Gasteiger charge is 2.37. The Bertz CT molecular complexity index is 904. The molecular weight excluding hydrogens is 323 g/mol. The highest BCUT2D eigenvalue weighted by atomic mass is 19.1. The summed E-state index contributed by atoms with van der Waals surface area (Å²) in [5.41, 5.74) is 0.413. The lowest BCUT2D eigenvalue weighted by atomic mass is 10.1. The number of nitrogens with zero attached hydrogens (tertiary/aromatic N) is 1. The molecule has 6 heteroatoms. The van der Waals surface area contributed by atoms with Gasteiger partial charge in [-0.2, -0.15) is 0 Å². The molecule has 0 aromatic heterocycles. The summed E-state index contributed by atoms with van der Waals surface area (Å²) in [5, 5.41) is 2.04. The number of benzene rings is 2. The third kappa shape index (κ3) is 3.37. The van der Waals surface area contributed by atoms with Crippen molar-refractivity contribution in [2.45, 2.75) is 0 Å². The molecule has 0 spiro atoms. The number of allylic oxidation sites excluding steroid dienone is 2. The Morgan fingerprint density at radius 2 is 1.60 bits per heavy atom. The molecule has 2 aromatic carbocycles. The van der Waals surface area contributed by atoms with Crippen LogP contribution in [-0.4, -0.2) is 17.8 Å². The predicted octanol–water partition coefficient (Wildman–Crippen LogP) is 3.05. The Balaban J connectivity index is 1.92. The number of barbiturate groups is 1. The number of rotatable bonds is 3. The number of para-hydroxylation sites is 1. The summed E-state index contributed by atoms with van der Waals surface area (Å²) >= 11 is 0. The highest BCUT2D eigenvalue weighted by Crippen LogP contribution is 2.23. The van der Waals surface area contributed by atoms with Gasteiger partial charge in [0.1, 0.15) is 11.4 Å². The molecule has 25 heavy (non-hydrogen) atoms. The summed E-state index contributed by atoms with van der Waals surface area (Å²) in [6, 6.07) is 13.7. The molecular formula is C19H13FN2O3. The Labute approximate surface area is 143 Å². The molecule has 124 valence electrons. The minimum absolute atomic E-state index is 0.213. The number of urea groups is 1. The van der Waals surface area contributed by atoms with Crippen LogP contribution in [-0.2, 0) is 9.59 Å². The summed E-state index contributed by atoms with van der Waals surface area (Å²) < 4.78 is 13.9. The monoisotopic (exact) mass is 336 g/mol. The number of nitrogens with one attached hydrogen (secondary N) is 1. The molecule has 1 N–H and O–H groups in total. The quantitative estimate of drug-likeness (QED) is 0.692. The van der Waals surface area contributed by atoms with Crippen LogP contribution in [0.5, 0.6) is 0 Å². The third-order valence-corrected chi connectivity index (χ3v) is 3.55. The van der Waals surface area contributed by atoms with Crippen molar-refractivity contribution in [3.05, 3.63) is 83.7 Å². The van der Waals surface area contributed by atoms with Crippen LogP contribution in [0.4, 0.5) is 14.9 Å². The third-order valence-electron chi connectivity index (χ3n) is 3.55. The fourth-order valence-electron chi connectivity index (χ4n) is 2.35. The maximum absolute atomic E-state index is 13.9. The van der Waals surface area contributed by atoms with Crippen LogP contribution < -0.4 is 10.2 Å². The van der Waals surface area contributed by atoms with Crippen molar-refractivity contribution >= 4 is 29.6 Å². The van der Waals surface area contributed by atoms with E-state index in [-0.39, 0.29) is 11.3 Å². The van der Waals surface area contributed by atoms with Gasteiger partial charge in [-0.05, 0) is 23.8 Å². The molecule has 0 bridgehead atoms. The first-order valence-electron chi connectivity index (χ1n) is 7.45. The van der Waals surface area contributed by atoms with E-state index in [1.54, 1.807) is 6.08 Å². The molecule has 0 unspecified atom stereocenters. The largest absolute Gasteiger partial charge is 0.336 e. The molecule has 1 saturated heterocycles. The van der Waals surface area contributed by atoms with Crippen molar-refractivity contribution in [1.29, 1.82) is 0 Å².